The van der Waals surface area contributed by atoms with Gasteiger partial charge in [-0.15, -0.1) is 13.2 Å². The lowest BCUT2D eigenvalue weighted by Gasteiger charge is -2.25. The summed E-state index contributed by atoms with van der Waals surface area (Å²) in [4.78, 5) is 31.2. The zero-order chi connectivity index (χ0) is 24.5. The zero-order valence-electron chi connectivity index (χ0n) is 17.9. The molecule has 0 bridgehead atoms. The Labute approximate surface area is 192 Å². The number of aryl methyl sites for hydroxylation is 1. The summed E-state index contributed by atoms with van der Waals surface area (Å²) in [6, 6.07) is 13.7. The number of aliphatic hydroxyl groups excluding tert-OH is 1. The first-order chi connectivity index (χ1) is 16.2. The number of hydrogen-bond donors (Lipinski definition) is 1. The van der Waals surface area contributed by atoms with E-state index in [0.29, 0.717) is 11.1 Å². The number of carbonyl (C=O) groups excluding carboxylic acids is 2. The number of Topliss-reactive ketones (excluding diaryl/α,β-unsaturated/α-hetero) is 1. The Morgan fingerprint density at radius 3 is 2.18 bits per heavy atom. The number of anilines is 1. The predicted molar refractivity (Wildman–Crippen MR) is 118 cm³/mol. The molecule has 0 aliphatic carbocycles. The van der Waals surface area contributed by atoms with Crippen LogP contribution >= 0.6 is 0 Å². The molecule has 1 aromatic heterocycles. The van der Waals surface area contributed by atoms with Crippen LogP contribution < -0.4 is 9.64 Å². The molecule has 34 heavy (non-hydrogen) atoms. The molecule has 1 atom stereocenters. The summed E-state index contributed by atoms with van der Waals surface area (Å²) in [6.07, 6.45) is -1.12. The third-order valence-electron chi connectivity index (χ3n) is 5.45. The highest BCUT2D eigenvalue weighted by molar-refractivity contribution is 6.51. The Morgan fingerprint density at radius 1 is 1.00 bits per heavy atom. The van der Waals surface area contributed by atoms with Crippen LogP contribution in [0.5, 0.6) is 5.75 Å². The second-order valence-electron chi connectivity index (χ2n) is 7.54. The highest BCUT2D eigenvalue weighted by Crippen LogP contribution is 2.42. The van der Waals surface area contributed by atoms with E-state index >= 15 is 0 Å². The lowest BCUT2D eigenvalue weighted by molar-refractivity contribution is -0.274. The zero-order valence-corrected chi connectivity index (χ0v) is 17.9. The Morgan fingerprint density at radius 2 is 1.62 bits per heavy atom. The van der Waals surface area contributed by atoms with Gasteiger partial charge in [0.25, 0.3) is 11.7 Å². The monoisotopic (exact) mass is 468 g/mol. The van der Waals surface area contributed by atoms with Gasteiger partial charge in [-0.3, -0.25) is 19.5 Å². The van der Waals surface area contributed by atoms with Crippen LogP contribution in [0.25, 0.3) is 5.76 Å². The van der Waals surface area contributed by atoms with E-state index in [-0.39, 0.29) is 17.0 Å². The van der Waals surface area contributed by atoms with Crippen LogP contribution in [0.1, 0.15) is 29.7 Å². The van der Waals surface area contributed by atoms with E-state index in [9.17, 15) is 27.9 Å². The molecule has 6 nitrogen and oxygen atoms in total. The summed E-state index contributed by atoms with van der Waals surface area (Å²) in [5.74, 6) is -2.64. The first-order valence-corrected chi connectivity index (χ1v) is 10.4. The SMILES string of the molecule is CCc1ccc(/C(O)=C2/C(=O)C(=O)N(c3ccc(OC(F)(F)F)cc3)C2c2ccncc2)cc1. The number of pyridine rings is 1. The topological polar surface area (TPSA) is 79.7 Å². The standard InChI is InChI=1S/C25H19F3N2O4/c1-2-15-3-5-17(6-4-15)22(31)20-21(16-11-13-29-14-12-16)30(24(33)23(20)32)18-7-9-19(10-8-18)34-25(26,27)28/h3-14,21,31H,2H2,1H3/b22-20-. The molecule has 9 heteroatoms. The minimum absolute atomic E-state index is 0.129. The van der Waals surface area contributed by atoms with Crippen molar-refractivity contribution in [1.82, 2.24) is 4.98 Å². The van der Waals surface area contributed by atoms with Crippen LogP contribution in [0.15, 0.2) is 78.6 Å². The maximum absolute atomic E-state index is 13.1. The van der Waals surface area contributed by atoms with Gasteiger partial charge in [0.05, 0.1) is 11.6 Å². The molecule has 1 fully saturated rings. The van der Waals surface area contributed by atoms with Crippen molar-refractivity contribution < 1.29 is 32.6 Å². The first-order valence-electron chi connectivity index (χ1n) is 10.4. The fraction of sp³-hybridized carbons (Fsp3) is 0.160. The van der Waals surface area contributed by atoms with Gasteiger partial charge in [-0.1, -0.05) is 31.2 Å². The number of ketones is 1. The van der Waals surface area contributed by atoms with E-state index in [0.717, 1.165) is 29.0 Å². The molecule has 1 unspecified atom stereocenters. The van der Waals surface area contributed by atoms with E-state index < -0.39 is 29.8 Å². The molecule has 4 rings (SSSR count). The van der Waals surface area contributed by atoms with Crippen molar-refractivity contribution >= 4 is 23.1 Å². The number of aromatic nitrogens is 1. The number of hydrogen-bond acceptors (Lipinski definition) is 5. The smallest absolute Gasteiger partial charge is 0.507 e. The average Bonchev–Trinajstić information content (AvgIpc) is 3.09. The lowest BCUT2D eigenvalue weighted by Crippen LogP contribution is -2.29. The number of benzene rings is 2. The number of carbonyl (C=O) groups is 2. The second kappa shape index (κ2) is 9.01. The summed E-state index contributed by atoms with van der Waals surface area (Å²) in [6.45, 7) is 1.98. The van der Waals surface area contributed by atoms with Crippen LogP contribution in [-0.2, 0) is 16.0 Å². The molecule has 174 valence electrons. The summed E-state index contributed by atoms with van der Waals surface area (Å²) in [5.41, 5.74) is 1.93. The first kappa shape index (κ1) is 23.0. The minimum Gasteiger partial charge on any atom is -0.507 e. The van der Waals surface area contributed by atoms with E-state index in [2.05, 4.69) is 9.72 Å². The molecule has 1 saturated heterocycles. The van der Waals surface area contributed by atoms with Crippen molar-refractivity contribution in [2.24, 2.45) is 0 Å². The molecule has 1 N–H and O–H groups in total. The van der Waals surface area contributed by atoms with Gasteiger partial charge >= 0.3 is 6.36 Å². The predicted octanol–water partition coefficient (Wildman–Crippen LogP) is 5.17. The van der Waals surface area contributed by atoms with Crippen molar-refractivity contribution in [3.63, 3.8) is 0 Å². The van der Waals surface area contributed by atoms with E-state index in [1.54, 1.807) is 24.3 Å². The van der Waals surface area contributed by atoms with Crippen LogP contribution in [-0.4, -0.2) is 28.1 Å². The van der Waals surface area contributed by atoms with Crippen molar-refractivity contribution in [2.45, 2.75) is 25.7 Å². The molecule has 0 spiro atoms. The molecule has 3 aromatic rings. The summed E-state index contributed by atoms with van der Waals surface area (Å²) < 4.78 is 41.4. The third kappa shape index (κ3) is 4.50. The van der Waals surface area contributed by atoms with Crippen LogP contribution in [0.2, 0.25) is 0 Å². The van der Waals surface area contributed by atoms with Gasteiger partial charge in [-0.2, -0.15) is 0 Å². The van der Waals surface area contributed by atoms with E-state index in [1.807, 2.05) is 19.1 Å². The molecule has 0 saturated carbocycles. The maximum Gasteiger partial charge on any atom is 0.573 e. The van der Waals surface area contributed by atoms with Gasteiger partial charge in [0.1, 0.15) is 11.5 Å². The van der Waals surface area contributed by atoms with Crippen molar-refractivity contribution in [1.29, 1.82) is 0 Å². The van der Waals surface area contributed by atoms with Crippen LogP contribution in [0, 0.1) is 0 Å². The molecular weight excluding hydrogens is 449 g/mol. The quantitative estimate of drug-likeness (QED) is 0.318. The second-order valence-corrected chi connectivity index (χ2v) is 7.54. The summed E-state index contributed by atoms with van der Waals surface area (Å²) >= 11 is 0. The Balaban J connectivity index is 1.82. The molecule has 2 heterocycles. The number of rotatable bonds is 5. The number of alkyl halides is 3. The summed E-state index contributed by atoms with van der Waals surface area (Å²) in [7, 11) is 0. The van der Waals surface area contributed by atoms with Gasteiger partial charge in [0.2, 0.25) is 0 Å². The van der Waals surface area contributed by atoms with Gasteiger partial charge < -0.3 is 9.84 Å². The fourth-order valence-corrected chi connectivity index (χ4v) is 3.82. The number of nitrogens with zero attached hydrogens (tertiary/aromatic N) is 2. The van der Waals surface area contributed by atoms with E-state index in [4.69, 9.17) is 0 Å². The fourth-order valence-electron chi connectivity index (χ4n) is 3.82. The van der Waals surface area contributed by atoms with Crippen molar-refractivity contribution in [3.8, 4) is 5.75 Å². The lowest BCUT2D eigenvalue weighted by atomic mass is 9.95. The number of halogens is 3. The molecule has 1 aliphatic rings. The normalized spacial score (nSPS) is 17.8. The van der Waals surface area contributed by atoms with Gasteiger partial charge in [0.15, 0.2) is 0 Å². The highest BCUT2D eigenvalue weighted by Gasteiger charge is 2.47. The number of amides is 1. The van der Waals surface area contributed by atoms with Gasteiger partial charge in [0, 0.05) is 23.6 Å². The molecule has 1 amide bonds. The summed E-state index contributed by atoms with van der Waals surface area (Å²) in [5, 5.41) is 11.1. The van der Waals surface area contributed by atoms with E-state index in [1.165, 1.54) is 24.5 Å². The molecule has 0 radical (unpaired) electrons. The van der Waals surface area contributed by atoms with Crippen molar-refractivity contribution in [3.05, 3.63) is 95.3 Å². The average molecular weight is 468 g/mol. The third-order valence-corrected chi connectivity index (χ3v) is 5.45. The largest absolute Gasteiger partial charge is 0.573 e. The van der Waals surface area contributed by atoms with Crippen LogP contribution in [0.4, 0.5) is 18.9 Å². The Kier molecular flexibility index (Phi) is 6.10. The van der Waals surface area contributed by atoms with Crippen LogP contribution in [0.3, 0.4) is 0 Å². The molecular formula is C25H19F3N2O4. The minimum atomic E-state index is -4.87. The molecule has 1 aliphatic heterocycles. The van der Waals surface area contributed by atoms with Gasteiger partial charge in [-0.25, -0.2) is 0 Å². The van der Waals surface area contributed by atoms with Gasteiger partial charge in [-0.05, 0) is 53.9 Å². The maximum atomic E-state index is 13.1. The molecule has 2 aromatic carbocycles. The van der Waals surface area contributed by atoms with Crippen molar-refractivity contribution in [2.75, 3.05) is 4.90 Å². The highest BCUT2D eigenvalue weighted by atomic mass is 19.4. The Bertz CT molecular complexity index is 1240. The Hall–Kier alpha value is -4.14. The number of ether oxygens (including phenoxy) is 1. The number of aliphatic hydroxyl groups is 1.